The molecule has 0 aliphatic carbocycles. The third-order valence-electron chi connectivity index (χ3n) is 4.56. The van der Waals surface area contributed by atoms with E-state index in [2.05, 4.69) is 20.5 Å². The summed E-state index contributed by atoms with van der Waals surface area (Å²) in [7, 11) is 1.66. The highest BCUT2D eigenvalue weighted by Crippen LogP contribution is 2.29. The van der Waals surface area contributed by atoms with Crippen LogP contribution in [0.4, 0.5) is 0 Å². The number of aromatic amines is 1. The smallest absolute Gasteiger partial charge is 0.256 e. The molecule has 2 atom stereocenters. The highest BCUT2D eigenvalue weighted by atomic mass is 16.5. The number of nitrogens with zero attached hydrogens (tertiary/aromatic N) is 5. The monoisotopic (exact) mass is 338 g/mol. The Bertz CT molecular complexity index is 846. The molecule has 1 aromatic carbocycles. The highest BCUT2D eigenvalue weighted by Gasteiger charge is 2.38. The van der Waals surface area contributed by atoms with Crippen molar-refractivity contribution in [1.82, 2.24) is 30.1 Å². The van der Waals surface area contributed by atoms with Gasteiger partial charge in [0.2, 0.25) is 0 Å². The van der Waals surface area contributed by atoms with Crippen LogP contribution in [0.5, 0.6) is 0 Å². The summed E-state index contributed by atoms with van der Waals surface area (Å²) in [4.78, 5) is 14.9. The summed E-state index contributed by atoms with van der Waals surface area (Å²) in [6.45, 7) is 1.05. The maximum atomic E-state index is 13.1. The van der Waals surface area contributed by atoms with Crippen LogP contribution in [0.2, 0.25) is 0 Å². The number of carbonyl (C=O) groups is 1. The zero-order chi connectivity index (χ0) is 17.2. The fraction of sp³-hybridized carbons (Fsp3) is 0.294. The molecule has 0 radical (unpaired) electrons. The van der Waals surface area contributed by atoms with Crippen LogP contribution in [0.3, 0.4) is 0 Å². The van der Waals surface area contributed by atoms with E-state index in [9.17, 15) is 4.79 Å². The Morgan fingerprint density at radius 2 is 2.16 bits per heavy atom. The van der Waals surface area contributed by atoms with E-state index in [-0.39, 0.29) is 17.9 Å². The SMILES string of the molecule is CO[C@@H]1CN(C(=O)c2ccccc2-n2cccn2)C[C@H]1c1cn[nH]n1. The molecule has 2 aromatic heterocycles. The second-order valence-electron chi connectivity index (χ2n) is 5.95. The van der Waals surface area contributed by atoms with Crippen LogP contribution in [0.1, 0.15) is 22.0 Å². The normalized spacial score (nSPS) is 20.1. The lowest BCUT2D eigenvalue weighted by Crippen LogP contribution is -2.30. The summed E-state index contributed by atoms with van der Waals surface area (Å²) < 4.78 is 7.27. The number of carbonyl (C=O) groups excluding carboxylic acids is 1. The van der Waals surface area contributed by atoms with Crippen molar-refractivity contribution in [3.05, 3.63) is 60.2 Å². The first-order chi connectivity index (χ1) is 12.3. The number of hydrogen-bond donors (Lipinski definition) is 1. The van der Waals surface area contributed by atoms with Gasteiger partial charge in [0.25, 0.3) is 5.91 Å². The predicted molar refractivity (Wildman–Crippen MR) is 89.4 cm³/mol. The molecule has 1 aliphatic heterocycles. The summed E-state index contributed by atoms with van der Waals surface area (Å²) >= 11 is 0. The number of methoxy groups -OCH3 is 1. The third-order valence-corrected chi connectivity index (χ3v) is 4.56. The first kappa shape index (κ1) is 15.5. The Hall–Kier alpha value is -3.00. The Kier molecular flexibility index (Phi) is 4.02. The van der Waals surface area contributed by atoms with Crippen molar-refractivity contribution < 1.29 is 9.53 Å². The molecule has 1 aliphatic rings. The Morgan fingerprint density at radius 1 is 1.28 bits per heavy atom. The number of nitrogens with one attached hydrogen (secondary N) is 1. The molecule has 8 nitrogen and oxygen atoms in total. The van der Waals surface area contributed by atoms with Gasteiger partial charge in [-0.2, -0.15) is 20.5 Å². The predicted octanol–water partition coefficient (Wildman–Crippen LogP) is 1.24. The van der Waals surface area contributed by atoms with Gasteiger partial charge in [0.1, 0.15) is 0 Å². The van der Waals surface area contributed by atoms with Gasteiger partial charge in [0.05, 0.1) is 35.2 Å². The molecular weight excluding hydrogens is 320 g/mol. The van der Waals surface area contributed by atoms with Gasteiger partial charge in [-0.15, -0.1) is 0 Å². The van der Waals surface area contributed by atoms with E-state index in [1.165, 1.54) is 0 Å². The molecule has 0 saturated carbocycles. The van der Waals surface area contributed by atoms with Crippen LogP contribution < -0.4 is 0 Å². The number of ether oxygens (including phenoxy) is 1. The van der Waals surface area contributed by atoms with Crippen LogP contribution in [-0.2, 0) is 4.74 Å². The van der Waals surface area contributed by atoms with Gasteiger partial charge in [-0.1, -0.05) is 12.1 Å². The fourth-order valence-corrected chi connectivity index (χ4v) is 3.29. The average Bonchev–Trinajstić information content (AvgIpc) is 3.41. The number of benzene rings is 1. The Balaban J connectivity index is 1.62. The third kappa shape index (κ3) is 2.80. The number of para-hydroxylation sites is 1. The summed E-state index contributed by atoms with van der Waals surface area (Å²) in [6.07, 6.45) is 5.10. The van der Waals surface area contributed by atoms with E-state index in [1.54, 1.807) is 29.1 Å². The fourth-order valence-electron chi connectivity index (χ4n) is 3.29. The van der Waals surface area contributed by atoms with Crippen LogP contribution in [0.15, 0.2) is 48.9 Å². The molecule has 0 unspecified atom stereocenters. The molecule has 25 heavy (non-hydrogen) atoms. The van der Waals surface area contributed by atoms with E-state index >= 15 is 0 Å². The molecule has 0 spiro atoms. The highest BCUT2D eigenvalue weighted by molar-refractivity contribution is 5.98. The minimum atomic E-state index is -0.106. The second-order valence-corrected chi connectivity index (χ2v) is 5.95. The van der Waals surface area contributed by atoms with Gasteiger partial charge in [-0.25, -0.2) is 4.68 Å². The van der Waals surface area contributed by atoms with E-state index in [1.807, 2.05) is 36.5 Å². The molecule has 1 amide bonds. The van der Waals surface area contributed by atoms with Gasteiger partial charge >= 0.3 is 0 Å². The second kappa shape index (κ2) is 6.48. The average molecular weight is 338 g/mol. The molecule has 1 N–H and O–H groups in total. The van der Waals surface area contributed by atoms with E-state index < -0.39 is 0 Å². The maximum absolute atomic E-state index is 13.1. The molecule has 1 saturated heterocycles. The molecule has 4 rings (SSSR count). The van der Waals surface area contributed by atoms with Gasteiger partial charge in [-0.05, 0) is 18.2 Å². The molecule has 3 heterocycles. The molecule has 1 fully saturated rings. The molecular formula is C17H18N6O2. The van der Waals surface area contributed by atoms with E-state index in [0.29, 0.717) is 18.7 Å². The van der Waals surface area contributed by atoms with Crippen molar-refractivity contribution in [3.8, 4) is 5.69 Å². The van der Waals surface area contributed by atoms with Gasteiger partial charge in [0, 0.05) is 32.6 Å². The summed E-state index contributed by atoms with van der Waals surface area (Å²) in [6, 6.07) is 9.30. The minimum Gasteiger partial charge on any atom is -0.379 e. The van der Waals surface area contributed by atoms with Crippen molar-refractivity contribution in [2.45, 2.75) is 12.0 Å². The minimum absolute atomic E-state index is 0.00423. The number of amides is 1. The van der Waals surface area contributed by atoms with Crippen LogP contribution in [0, 0.1) is 0 Å². The number of aromatic nitrogens is 5. The van der Waals surface area contributed by atoms with Crippen molar-refractivity contribution in [1.29, 1.82) is 0 Å². The van der Waals surface area contributed by atoms with Gasteiger partial charge < -0.3 is 9.64 Å². The zero-order valence-corrected chi connectivity index (χ0v) is 13.7. The van der Waals surface area contributed by atoms with E-state index in [0.717, 1.165) is 11.4 Å². The number of H-pyrrole nitrogens is 1. The Labute approximate surface area is 144 Å². The van der Waals surface area contributed by atoms with Gasteiger partial charge in [0.15, 0.2) is 0 Å². The largest absolute Gasteiger partial charge is 0.379 e. The first-order valence-corrected chi connectivity index (χ1v) is 8.04. The number of likely N-dealkylation sites (tertiary alicyclic amines) is 1. The van der Waals surface area contributed by atoms with Crippen molar-refractivity contribution >= 4 is 5.91 Å². The van der Waals surface area contributed by atoms with Crippen LogP contribution in [-0.4, -0.2) is 62.3 Å². The molecule has 8 heteroatoms. The topological polar surface area (TPSA) is 88.9 Å². The lowest BCUT2D eigenvalue weighted by molar-refractivity contribution is 0.0714. The van der Waals surface area contributed by atoms with Crippen LogP contribution in [0.25, 0.3) is 5.69 Å². The van der Waals surface area contributed by atoms with Crippen molar-refractivity contribution in [3.63, 3.8) is 0 Å². The maximum Gasteiger partial charge on any atom is 0.256 e. The lowest BCUT2D eigenvalue weighted by Gasteiger charge is -2.18. The van der Waals surface area contributed by atoms with Crippen molar-refractivity contribution in [2.24, 2.45) is 0 Å². The van der Waals surface area contributed by atoms with Crippen molar-refractivity contribution in [2.75, 3.05) is 20.2 Å². The number of rotatable bonds is 4. The van der Waals surface area contributed by atoms with Crippen LogP contribution >= 0.6 is 0 Å². The zero-order valence-electron chi connectivity index (χ0n) is 13.7. The number of hydrogen-bond acceptors (Lipinski definition) is 5. The summed E-state index contributed by atoms with van der Waals surface area (Å²) in [5, 5.41) is 14.9. The summed E-state index contributed by atoms with van der Waals surface area (Å²) in [5.41, 5.74) is 2.18. The molecule has 128 valence electrons. The molecule has 0 bridgehead atoms. The molecule has 3 aromatic rings. The van der Waals surface area contributed by atoms with E-state index in [4.69, 9.17) is 4.74 Å². The lowest BCUT2D eigenvalue weighted by atomic mass is 10.0. The standard InChI is InChI=1S/C17H18N6O2/c1-25-16-11-22(10-13(16)14-9-18-21-20-14)17(24)12-5-2-3-6-15(12)23-8-4-7-19-23/h2-9,13,16H,10-11H2,1H3,(H,18,20,21)/t13-,16+/m0/s1. The Morgan fingerprint density at radius 3 is 2.88 bits per heavy atom. The first-order valence-electron chi connectivity index (χ1n) is 8.04. The summed E-state index contributed by atoms with van der Waals surface area (Å²) in [5.74, 6) is -0.0382. The van der Waals surface area contributed by atoms with Gasteiger partial charge in [-0.3, -0.25) is 4.79 Å². The quantitative estimate of drug-likeness (QED) is 0.773.